The molecule has 0 radical (unpaired) electrons. The zero-order valence-corrected chi connectivity index (χ0v) is 10.2. The fourth-order valence-corrected chi connectivity index (χ4v) is 3.75. The summed E-state index contributed by atoms with van der Waals surface area (Å²) in [4.78, 5) is 5.55. The fraction of sp³-hybridized carbons (Fsp3) is 1.00. The molecule has 15 heavy (non-hydrogen) atoms. The molecule has 2 heterocycles. The predicted molar refractivity (Wildman–Crippen MR) is 62.9 cm³/mol. The summed E-state index contributed by atoms with van der Waals surface area (Å²) in [6, 6.07) is 2.66. The van der Waals surface area contributed by atoms with Gasteiger partial charge in [0.15, 0.2) is 0 Å². The van der Waals surface area contributed by atoms with Crippen LogP contribution in [0.1, 0.15) is 39.5 Å². The Kier molecular flexibility index (Phi) is 2.52. The highest BCUT2D eigenvalue weighted by molar-refractivity contribution is 5.01. The van der Waals surface area contributed by atoms with Gasteiger partial charge in [-0.15, -0.1) is 0 Å². The Bertz CT molecular complexity index is 241. The van der Waals surface area contributed by atoms with Gasteiger partial charge in [-0.2, -0.15) is 0 Å². The van der Waals surface area contributed by atoms with E-state index in [-0.39, 0.29) is 0 Å². The third kappa shape index (κ3) is 1.72. The molecule has 0 amide bonds. The van der Waals surface area contributed by atoms with E-state index in [1.54, 1.807) is 0 Å². The van der Waals surface area contributed by atoms with Gasteiger partial charge in [-0.05, 0) is 38.6 Å². The molecular formula is C13H24N2. The van der Waals surface area contributed by atoms with Crippen molar-refractivity contribution in [1.29, 1.82) is 0 Å². The van der Waals surface area contributed by atoms with Crippen molar-refractivity contribution in [1.82, 2.24) is 9.80 Å². The van der Waals surface area contributed by atoms with Crippen LogP contribution in [0, 0.1) is 5.92 Å². The third-order valence-electron chi connectivity index (χ3n) is 4.82. The highest BCUT2D eigenvalue weighted by atomic mass is 15.3. The maximum Gasteiger partial charge on any atom is 0.0224 e. The van der Waals surface area contributed by atoms with Crippen molar-refractivity contribution in [3.63, 3.8) is 0 Å². The summed E-state index contributed by atoms with van der Waals surface area (Å²) in [6.07, 6.45) is 5.76. The molecule has 0 aromatic carbocycles. The lowest BCUT2D eigenvalue weighted by Crippen LogP contribution is -2.55. The van der Waals surface area contributed by atoms with Crippen molar-refractivity contribution < 1.29 is 0 Å². The van der Waals surface area contributed by atoms with Crippen LogP contribution in [-0.4, -0.2) is 47.6 Å². The minimum absolute atomic E-state index is 0.806. The monoisotopic (exact) mass is 208 g/mol. The molecule has 2 aliphatic heterocycles. The van der Waals surface area contributed by atoms with Gasteiger partial charge >= 0.3 is 0 Å². The van der Waals surface area contributed by atoms with Crippen LogP contribution >= 0.6 is 0 Å². The maximum atomic E-state index is 2.82. The van der Waals surface area contributed by atoms with Crippen molar-refractivity contribution in [2.24, 2.45) is 5.92 Å². The van der Waals surface area contributed by atoms with Crippen molar-refractivity contribution in [3.05, 3.63) is 0 Å². The second-order valence-electron chi connectivity index (χ2n) is 5.81. The topological polar surface area (TPSA) is 6.48 Å². The van der Waals surface area contributed by atoms with E-state index in [2.05, 4.69) is 23.6 Å². The quantitative estimate of drug-likeness (QED) is 0.684. The Labute approximate surface area is 93.6 Å². The molecule has 0 bridgehead atoms. The number of hydrogen-bond acceptors (Lipinski definition) is 2. The van der Waals surface area contributed by atoms with Gasteiger partial charge in [0, 0.05) is 31.2 Å². The molecule has 2 saturated heterocycles. The average molecular weight is 208 g/mol. The second-order valence-corrected chi connectivity index (χ2v) is 5.81. The van der Waals surface area contributed by atoms with E-state index < -0.39 is 0 Å². The molecule has 4 atom stereocenters. The number of nitrogens with zero attached hydrogens (tertiary/aromatic N) is 2. The van der Waals surface area contributed by atoms with Gasteiger partial charge in [0.25, 0.3) is 0 Å². The fourth-order valence-electron chi connectivity index (χ4n) is 3.75. The molecular weight excluding hydrogens is 184 g/mol. The summed E-state index contributed by atoms with van der Waals surface area (Å²) in [5.41, 5.74) is 0. The van der Waals surface area contributed by atoms with Crippen LogP contribution in [0.4, 0.5) is 0 Å². The molecule has 3 rings (SSSR count). The van der Waals surface area contributed by atoms with Crippen molar-refractivity contribution >= 4 is 0 Å². The van der Waals surface area contributed by atoms with Crippen LogP contribution in [-0.2, 0) is 0 Å². The van der Waals surface area contributed by atoms with Crippen LogP contribution in [0.25, 0.3) is 0 Å². The Morgan fingerprint density at radius 2 is 2.13 bits per heavy atom. The Hall–Kier alpha value is -0.0800. The Morgan fingerprint density at radius 1 is 1.27 bits per heavy atom. The van der Waals surface area contributed by atoms with Gasteiger partial charge in [-0.3, -0.25) is 9.80 Å². The maximum absolute atomic E-state index is 2.82. The largest absolute Gasteiger partial charge is 0.298 e. The summed E-state index contributed by atoms with van der Waals surface area (Å²) in [5.74, 6) is 1.03. The highest BCUT2D eigenvalue weighted by Gasteiger charge is 2.45. The summed E-state index contributed by atoms with van der Waals surface area (Å²) in [7, 11) is 0. The number of fused-ring (bicyclic) bond motifs is 1. The van der Waals surface area contributed by atoms with Crippen molar-refractivity contribution in [3.8, 4) is 0 Å². The summed E-state index contributed by atoms with van der Waals surface area (Å²) in [5, 5.41) is 0. The molecule has 4 unspecified atom stereocenters. The van der Waals surface area contributed by atoms with Gasteiger partial charge in [0.05, 0.1) is 0 Å². The van der Waals surface area contributed by atoms with E-state index in [4.69, 9.17) is 0 Å². The molecule has 2 nitrogen and oxygen atoms in total. The molecule has 0 N–H and O–H groups in total. The number of rotatable bonds is 2. The van der Waals surface area contributed by atoms with E-state index in [9.17, 15) is 0 Å². The zero-order valence-electron chi connectivity index (χ0n) is 10.2. The first kappa shape index (κ1) is 10.1. The van der Waals surface area contributed by atoms with Gasteiger partial charge in [-0.1, -0.05) is 13.3 Å². The van der Waals surface area contributed by atoms with E-state index in [0.717, 1.165) is 24.0 Å². The van der Waals surface area contributed by atoms with E-state index in [1.807, 2.05) is 0 Å². The van der Waals surface area contributed by atoms with Crippen LogP contribution in [0.2, 0.25) is 0 Å². The van der Waals surface area contributed by atoms with E-state index in [0.29, 0.717) is 0 Å². The minimum Gasteiger partial charge on any atom is -0.298 e. The van der Waals surface area contributed by atoms with Gasteiger partial charge < -0.3 is 0 Å². The van der Waals surface area contributed by atoms with E-state index in [1.165, 1.54) is 45.3 Å². The van der Waals surface area contributed by atoms with Crippen LogP contribution in [0.5, 0.6) is 0 Å². The molecule has 0 aromatic rings. The number of hydrogen-bond donors (Lipinski definition) is 0. The second kappa shape index (κ2) is 3.74. The molecule has 1 saturated carbocycles. The summed E-state index contributed by atoms with van der Waals surface area (Å²) < 4.78 is 0. The first-order valence-electron chi connectivity index (χ1n) is 6.79. The SMILES string of the molecule is CCC1CC1N1CC2CCCN2CC1C. The number of piperazine rings is 1. The molecule has 86 valence electrons. The molecule has 0 aromatic heterocycles. The van der Waals surface area contributed by atoms with Gasteiger partial charge in [0.2, 0.25) is 0 Å². The zero-order chi connectivity index (χ0) is 10.4. The lowest BCUT2D eigenvalue weighted by Gasteiger charge is -2.42. The lowest BCUT2D eigenvalue weighted by atomic mass is 10.1. The average Bonchev–Trinajstić information content (AvgIpc) is 2.88. The predicted octanol–water partition coefficient (Wildman–Crippen LogP) is 1.95. The Morgan fingerprint density at radius 3 is 2.87 bits per heavy atom. The molecule has 3 aliphatic rings. The van der Waals surface area contributed by atoms with Crippen molar-refractivity contribution in [2.45, 2.75) is 57.7 Å². The van der Waals surface area contributed by atoms with Crippen molar-refractivity contribution in [2.75, 3.05) is 19.6 Å². The minimum atomic E-state index is 0.806. The lowest BCUT2D eigenvalue weighted by molar-refractivity contribution is 0.0499. The van der Waals surface area contributed by atoms with E-state index >= 15 is 0 Å². The molecule has 0 spiro atoms. The summed E-state index contributed by atoms with van der Waals surface area (Å²) in [6.45, 7) is 8.84. The third-order valence-corrected chi connectivity index (χ3v) is 4.82. The molecule has 3 fully saturated rings. The Balaban J connectivity index is 1.64. The normalized spacial score (nSPS) is 46.8. The van der Waals surface area contributed by atoms with Crippen LogP contribution in [0.15, 0.2) is 0 Å². The smallest absolute Gasteiger partial charge is 0.0224 e. The molecule has 2 heteroatoms. The summed E-state index contributed by atoms with van der Waals surface area (Å²) >= 11 is 0. The van der Waals surface area contributed by atoms with Crippen LogP contribution in [0.3, 0.4) is 0 Å². The van der Waals surface area contributed by atoms with Crippen LogP contribution < -0.4 is 0 Å². The van der Waals surface area contributed by atoms with Gasteiger partial charge in [0.1, 0.15) is 0 Å². The first-order chi connectivity index (χ1) is 7.29. The standard InChI is InChI=1S/C13H24N2/c1-3-11-7-13(11)15-9-12-5-4-6-14(12)8-10(15)2/h10-13H,3-9H2,1-2H3. The molecule has 1 aliphatic carbocycles. The van der Waals surface area contributed by atoms with Gasteiger partial charge in [-0.25, -0.2) is 0 Å². The highest BCUT2D eigenvalue weighted by Crippen LogP contribution is 2.41. The first-order valence-corrected chi connectivity index (χ1v) is 6.79.